The van der Waals surface area contributed by atoms with Gasteiger partial charge in [0.05, 0.1) is 5.69 Å². The largest absolute Gasteiger partial charge is 0.376 e. The zero-order valence-corrected chi connectivity index (χ0v) is 7.98. The van der Waals surface area contributed by atoms with Gasteiger partial charge < -0.3 is 9.88 Å². The molecule has 2 rings (SSSR count). The van der Waals surface area contributed by atoms with Crippen LogP contribution in [0.15, 0.2) is 12.3 Å². The second kappa shape index (κ2) is 3.10. The van der Waals surface area contributed by atoms with Crippen LogP contribution in [-0.4, -0.2) is 35.3 Å². The Hall–Kier alpha value is -1.91. The Labute approximate surface area is 80.8 Å². The molecule has 0 atom stereocenters. The van der Waals surface area contributed by atoms with Gasteiger partial charge in [0.2, 0.25) is 0 Å². The highest BCUT2D eigenvalue weighted by atomic mass is 16.1. The van der Waals surface area contributed by atoms with Gasteiger partial charge in [-0.15, -0.1) is 0 Å². The van der Waals surface area contributed by atoms with Crippen LogP contribution in [0.2, 0.25) is 0 Å². The molecule has 0 bridgehead atoms. The van der Waals surface area contributed by atoms with Crippen molar-refractivity contribution < 1.29 is 4.79 Å². The minimum Gasteiger partial charge on any atom is -0.376 e. The number of carbonyl (C=O) groups is 1. The van der Waals surface area contributed by atoms with Crippen LogP contribution in [0, 0.1) is 0 Å². The number of imidazole rings is 1. The molecule has 2 heterocycles. The summed E-state index contributed by atoms with van der Waals surface area (Å²) in [5.41, 5.74) is 2.33. The molecule has 72 valence electrons. The van der Waals surface area contributed by atoms with E-state index in [4.69, 9.17) is 0 Å². The fourth-order valence-corrected chi connectivity index (χ4v) is 1.34. The second-order valence-electron chi connectivity index (χ2n) is 3.16. The molecule has 0 aromatic carbocycles. The molecule has 2 aromatic heterocycles. The van der Waals surface area contributed by atoms with Gasteiger partial charge in [0, 0.05) is 20.3 Å². The Morgan fingerprint density at radius 1 is 1.50 bits per heavy atom. The van der Waals surface area contributed by atoms with Crippen LogP contribution in [-0.2, 0) is 0 Å². The van der Waals surface area contributed by atoms with Gasteiger partial charge in [-0.3, -0.25) is 4.79 Å². The first-order valence-electron chi connectivity index (χ1n) is 4.19. The SMILES string of the molecule is CN(C)c1ccnc2nc(C=O)[nH]c12. The standard InChI is InChI=1S/C9H10N4O/c1-13(2)6-3-4-10-9-8(6)11-7(5-14)12-9/h3-5H,1-2H3,(H,10,11,12). The molecule has 0 unspecified atom stereocenters. The second-order valence-corrected chi connectivity index (χ2v) is 3.16. The number of carbonyl (C=O) groups excluding carboxylic acids is 1. The van der Waals surface area contributed by atoms with Crippen molar-refractivity contribution in [3.63, 3.8) is 0 Å². The first-order chi connectivity index (χ1) is 6.72. The molecule has 14 heavy (non-hydrogen) atoms. The minimum atomic E-state index is 0.307. The molecule has 0 saturated carbocycles. The van der Waals surface area contributed by atoms with Gasteiger partial charge in [-0.05, 0) is 6.07 Å². The van der Waals surface area contributed by atoms with Gasteiger partial charge in [-0.1, -0.05) is 0 Å². The average Bonchev–Trinajstić information content (AvgIpc) is 2.59. The van der Waals surface area contributed by atoms with E-state index in [0.29, 0.717) is 17.8 Å². The minimum absolute atomic E-state index is 0.307. The van der Waals surface area contributed by atoms with E-state index < -0.39 is 0 Å². The molecule has 0 spiro atoms. The fraction of sp³-hybridized carbons (Fsp3) is 0.222. The summed E-state index contributed by atoms with van der Waals surface area (Å²) >= 11 is 0. The normalized spacial score (nSPS) is 10.4. The summed E-state index contributed by atoms with van der Waals surface area (Å²) in [7, 11) is 3.85. The topological polar surface area (TPSA) is 61.9 Å². The van der Waals surface area contributed by atoms with E-state index in [1.807, 2.05) is 25.1 Å². The third kappa shape index (κ3) is 1.22. The molecule has 5 nitrogen and oxygen atoms in total. The Balaban J connectivity index is 2.72. The van der Waals surface area contributed by atoms with Crippen molar-refractivity contribution in [1.29, 1.82) is 0 Å². The number of hydrogen-bond acceptors (Lipinski definition) is 4. The molecular weight excluding hydrogens is 180 g/mol. The Bertz CT molecular complexity index is 475. The number of aldehydes is 1. The predicted molar refractivity (Wildman–Crippen MR) is 53.6 cm³/mol. The van der Waals surface area contributed by atoms with Crippen molar-refractivity contribution in [2.75, 3.05) is 19.0 Å². The molecule has 1 N–H and O–H groups in total. The number of fused-ring (bicyclic) bond motifs is 1. The fourth-order valence-electron chi connectivity index (χ4n) is 1.34. The Kier molecular flexibility index (Phi) is 1.92. The number of pyridine rings is 1. The van der Waals surface area contributed by atoms with Crippen molar-refractivity contribution in [3.05, 3.63) is 18.1 Å². The van der Waals surface area contributed by atoms with Crippen LogP contribution in [0.3, 0.4) is 0 Å². The van der Waals surface area contributed by atoms with Crippen LogP contribution in [0.4, 0.5) is 5.69 Å². The number of hydrogen-bond donors (Lipinski definition) is 1. The number of nitrogens with one attached hydrogen (secondary N) is 1. The van der Waals surface area contributed by atoms with Crippen molar-refractivity contribution in [1.82, 2.24) is 15.0 Å². The van der Waals surface area contributed by atoms with E-state index >= 15 is 0 Å². The lowest BCUT2D eigenvalue weighted by atomic mass is 10.3. The zero-order valence-electron chi connectivity index (χ0n) is 7.98. The van der Waals surface area contributed by atoms with E-state index in [0.717, 1.165) is 11.2 Å². The van der Waals surface area contributed by atoms with Gasteiger partial charge in [-0.25, -0.2) is 9.97 Å². The molecule has 0 amide bonds. The lowest BCUT2D eigenvalue weighted by molar-refractivity contribution is 0.111. The summed E-state index contributed by atoms with van der Waals surface area (Å²) < 4.78 is 0. The van der Waals surface area contributed by atoms with Crippen molar-refractivity contribution in [2.24, 2.45) is 0 Å². The van der Waals surface area contributed by atoms with Gasteiger partial charge in [0.15, 0.2) is 17.8 Å². The number of anilines is 1. The predicted octanol–water partition coefficient (Wildman–Crippen LogP) is 0.836. The van der Waals surface area contributed by atoms with E-state index in [2.05, 4.69) is 15.0 Å². The van der Waals surface area contributed by atoms with Gasteiger partial charge >= 0.3 is 0 Å². The third-order valence-corrected chi connectivity index (χ3v) is 1.98. The highest BCUT2D eigenvalue weighted by molar-refractivity contribution is 5.88. The van der Waals surface area contributed by atoms with Gasteiger partial charge in [-0.2, -0.15) is 0 Å². The first-order valence-corrected chi connectivity index (χ1v) is 4.19. The van der Waals surface area contributed by atoms with E-state index in [1.54, 1.807) is 6.20 Å². The molecule has 0 saturated heterocycles. The summed E-state index contributed by atoms with van der Waals surface area (Å²) in [5, 5.41) is 0. The lowest BCUT2D eigenvalue weighted by Crippen LogP contribution is -2.09. The molecule has 5 heteroatoms. The van der Waals surface area contributed by atoms with Crippen molar-refractivity contribution >= 4 is 23.1 Å². The molecule has 0 radical (unpaired) electrons. The van der Waals surface area contributed by atoms with Crippen molar-refractivity contribution in [2.45, 2.75) is 0 Å². The first kappa shape index (κ1) is 8.68. The number of aromatic nitrogens is 3. The third-order valence-electron chi connectivity index (χ3n) is 1.98. The van der Waals surface area contributed by atoms with Gasteiger partial charge in [0.1, 0.15) is 5.52 Å². The van der Waals surface area contributed by atoms with Gasteiger partial charge in [0.25, 0.3) is 0 Å². The molecule has 0 aliphatic heterocycles. The van der Waals surface area contributed by atoms with Crippen LogP contribution >= 0.6 is 0 Å². The maximum absolute atomic E-state index is 10.5. The summed E-state index contributed by atoms with van der Waals surface area (Å²) in [4.78, 5) is 23.5. The lowest BCUT2D eigenvalue weighted by Gasteiger charge is -2.11. The molecule has 0 fully saturated rings. The van der Waals surface area contributed by atoms with E-state index in [1.165, 1.54) is 0 Å². The number of aromatic amines is 1. The number of rotatable bonds is 2. The highest BCUT2D eigenvalue weighted by Gasteiger charge is 2.08. The van der Waals surface area contributed by atoms with E-state index in [9.17, 15) is 4.79 Å². The molecule has 0 aliphatic rings. The highest BCUT2D eigenvalue weighted by Crippen LogP contribution is 2.20. The maximum Gasteiger partial charge on any atom is 0.185 e. The number of nitrogens with zero attached hydrogens (tertiary/aromatic N) is 3. The van der Waals surface area contributed by atoms with E-state index in [-0.39, 0.29) is 0 Å². The van der Waals surface area contributed by atoms with Crippen LogP contribution in [0.1, 0.15) is 10.6 Å². The smallest absolute Gasteiger partial charge is 0.185 e. The summed E-state index contributed by atoms with van der Waals surface area (Å²) in [6, 6.07) is 1.87. The molecule has 0 aliphatic carbocycles. The number of H-pyrrole nitrogens is 1. The quantitative estimate of drug-likeness (QED) is 0.713. The van der Waals surface area contributed by atoms with Crippen LogP contribution in [0.25, 0.3) is 11.2 Å². The monoisotopic (exact) mass is 190 g/mol. The zero-order chi connectivity index (χ0) is 10.1. The van der Waals surface area contributed by atoms with Crippen molar-refractivity contribution in [3.8, 4) is 0 Å². The summed E-state index contributed by atoms with van der Waals surface area (Å²) in [6.45, 7) is 0. The molecule has 2 aromatic rings. The van der Waals surface area contributed by atoms with Crippen LogP contribution in [0.5, 0.6) is 0 Å². The Morgan fingerprint density at radius 3 is 2.93 bits per heavy atom. The maximum atomic E-state index is 10.5. The summed E-state index contributed by atoms with van der Waals surface area (Å²) in [5.74, 6) is 0.307. The summed E-state index contributed by atoms with van der Waals surface area (Å²) in [6.07, 6.45) is 2.36. The van der Waals surface area contributed by atoms with Crippen LogP contribution < -0.4 is 4.90 Å². The molecular formula is C9H10N4O. The average molecular weight is 190 g/mol. The Morgan fingerprint density at radius 2 is 2.29 bits per heavy atom.